The lowest BCUT2D eigenvalue weighted by molar-refractivity contribution is -0.119. The van der Waals surface area contributed by atoms with Crippen LogP contribution in [-0.4, -0.2) is 39.6 Å². The normalized spacial score (nSPS) is 11.5. The topological polar surface area (TPSA) is 117 Å². The second kappa shape index (κ2) is 11.5. The van der Waals surface area contributed by atoms with E-state index in [0.29, 0.717) is 22.7 Å². The van der Waals surface area contributed by atoms with E-state index in [0.717, 1.165) is 4.31 Å². The third-order valence-electron chi connectivity index (χ3n) is 5.02. The van der Waals surface area contributed by atoms with Gasteiger partial charge in [0.2, 0.25) is 5.91 Å². The Labute approximate surface area is 208 Å². The molecule has 3 rings (SSSR count). The number of nitrogens with zero attached hydrogens (tertiary/aromatic N) is 2. The number of hydrazone groups is 1. The summed E-state index contributed by atoms with van der Waals surface area (Å²) in [5, 5.41) is 6.58. The van der Waals surface area contributed by atoms with Crippen LogP contribution in [0.1, 0.15) is 19.4 Å². The monoisotopic (exact) mass is 512 g/mol. The van der Waals surface area contributed by atoms with Gasteiger partial charge >= 0.3 is 0 Å². The van der Waals surface area contributed by atoms with E-state index in [1.807, 2.05) is 0 Å². The first-order valence-electron chi connectivity index (χ1n) is 10.7. The smallest absolute Gasteiger partial charge is 0.264 e. The lowest BCUT2D eigenvalue weighted by Gasteiger charge is -2.24. The van der Waals surface area contributed by atoms with Gasteiger partial charge in [0.25, 0.3) is 15.9 Å². The number of amides is 2. The van der Waals surface area contributed by atoms with Crippen LogP contribution < -0.4 is 19.8 Å². The summed E-state index contributed by atoms with van der Waals surface area (Å²) in [6.07, 6.45) is 0. The number of methoxy groups -OCH3 is 1. The Kier molecular flexibility index (Phi) is 8.38. The number of rotatable bonds is 9. The fourth-order valence-electron chi connectivity index (χ4n) is 3.17. The zero-order chi connectivity index (χ0) is 26.3. The lowest BCUT2D eigenvalue weighted by atomic mass is 10.1. The summed E-state index contributed by atoms with van der Waals surface area (Å²) in [4.78, 5) is 23.9. The molecule has 0 spiro atoms. The third kappa shape index (κ3) is 6.66. The Bertz CT molecular complexity index is 1360. The van der Waals surface area contributed by atoms with E-state index in [4.69, 9.17) is 4.74 Å². The summed E-state index contributed by atoms with van der Waals surface area (Å²) < 4.78 is 46.2. The van der Waals surface area contributed by atoms with E-state index in [9.17, 15) is 22.4 Å². The molecule has 0 heterocycles. The van der Waals surface area contributed by atoms with E-state index in [1.54, 1.807) is 19.1 Å². The first-order chi connectivity index (χ1) is 17.1. The molecule has 0 aliphatic carbocycles. The second-order valence-electron chi connectivity index (χ2n) is 7.65. The maximum absolute atomic E-state index is 13.5. The molecule has 0 bridgehead atoms. The number of anilines is 2. The molecule has 11 heteroatoms. The fraction of sp³-hybridized carbons (Fsp3) is 0.160. The Hall–Kier alpha value is -4.25. The number of hydrogen-bond donors (Lipinski definition) is 2. The van der Waals surface area contributed by atoms with E-state index >= 15 is 0 Å². The molecule has 9 nitrogen and oxygen atoms in total. The standard InChI is InChI=1S/C25H25FN4O5S/c1-17(19-4-6-20(26)7-5-19)28-29-25(32)16-30(22-10-12-23(35-3)13-11-22)36(33,34)24-14-8-21(9-15-24)27-18(2)31/h4-15H,16H2,1-3H3,(H,27,31)(H,29,32)/b28-17-. The molecule has 2 N–H and O–H groups in total. The number of carbonyl (C=O) groups excluding carboxylic acids is 2. The highest BCUT2D eigenvalue weighted by molar-refractivity contribution is 7.92. The largest absolute Gasteiger partial charge is 0.497 e. The third-order valence-corrected chi connectivity index (χ3v) is 6.81. The van der Waals surface area contributed by atoms with Crippen LogP contribution in [0.25, 0.3) is 0 Å². The number of carbonyl (C=O) groups is 2. The molecule has 0 fully saturated rings. The van der Waals surface area contributed by atoms with Crippen LogP contribution in [0.15, 0.2) is 82.8 Å². The molecular formula is C25H25FN4O5S. The zero-order valence-corrected chi connectivity index (χ0v) is 20.7. The summed E-state index contributed by atoms with van der Waals surface area (Å²) in [7, 11) is -2.70. The average Bonchev–Trinajstić information content (AvgIpc) is 2.86. The summed E-state index contributed by atoms with van der Waals surface area (Å²) >= 11 is 0. The molecule has 0 aromatic heterocycles. The van der Waals surface area contributed by atoms with Crippen LogP contribution in [0.4, 0.5) is 15.8 Å². The number of halogens is 1. The summed E-state index contributed by atoms with van der Waals surface area (Å²) in [6, 6.07) is 17.3. The molecule has 0 aliphatic rings. The fourth-order valence-corrected chi connectivity index (χ4v) is 4.59. The van der Waals surface area contributed by atoms with Gasteiger partial charge in [0.15, 0.2) is 0 Å². The van der Waals surface area contributed by atoms with E-state index < -0.39 is 28.3 Å². The van der Waals surface area contributed by atoms with E-state index in [-0.39, 0.29) is 16.5 Å². The van der Waals surface area contributed by atoms with Crippen LogP contribution in [0.3, 0.4) is 0 Å². The van der Waals surface area contributed by atoms with Crippen molar-refractivity contribution in [1.29, 1.82) is 0 Å². The van der Waals surface area contributed by atoms with Gasteiger partial charge in [-0.15, -0.1) is 0 Å². The van der Waals surface area contributed by atoms with Gasteiger partial charge in [0.1, 0.15) is 18.1 Å². The van der Waals surface area contributed by atoms with Crippen molar-refractivity contribution >= 4 is 38.9 Å². The van der Waals surface area contributed by atoms with Crippen molar-refractivity contribution in [2.24, 2.45) is 5.10 Å². The lowest BCUT2D eigenvalue weighted by Crippen LogP contribution is -2.39. The molecule has 0 saturated heterocycles. The first-order valence-corrected chi connectivity index (χ1v) is 12.2. The van der Waals surface area contributed by atoms with Crippen LogP contribution >= 0.6 is 0 Å². The Morgan fingerprint density at radius 2 is 1.56 bits per heavy atom. The molecule has 0 unspecified atom stereocenters. The van der Waals surface area contributed by atoms with Gasteiger partial charge in [-0.2, -0.15) is 5.10 Å². The van der Waals surface area contributed by atoms with Crippen LogP contribution in [0, 0.1) is 5.82 Å². The highest BCUT2D eigenvalue weighted by atomic mass is 32.2. The average molecular weight is 513 g/mol. The van der Waals surface area contributed by atoms with Gasteiger partial charge in [0, 0.05) is 12.6 Å². The van der Waals surface area contributed by atoms with Gasteiger partial charge in [-0.1, -0.05) is 12.1 Å². The maximum atomic E-state index is 13.5. The number of benzene rings is 3. The minimum atomic E-state index is -4.18. The molecule has 0 saturated carbocycles. The Balaban J connectivity index is 1.87. The molecule has 0 radical (unpaired) electrons. The molecule has 2 amide bonds. The van der Waals surface area contributed by atoms with Crippen molar-refractivity contribution in [3.63, 3.8) is 0 Å². The molecule has 0 aliphatic heterocycles. The van der Waals surface area contributed by atoms with Gasteiger partial charge in [-0.05, 0) is 73.2 Å². The molecule has 3 aromatic carbocycles. The predicted molar refractivity (Wildman–Crippen MR) is 135 cm³/mol. The summed E-state index contributed by atoms with van der Waals surface area (Å²) in [5.74, 6) is -0.870. The quantitative estimate of drug-likeness (QED) is 0.336. The Morgan fingerprint density at radius 1 is 0.944 bits per heavy atom. The summed E-state index contributed by atoms with van der Waals surface area (Å²) in [5.41, 5.74) is 4.02. The summed E-state index contributed by atoms with van der Waals surface area (Å²) in [6.45, 7) is 2.40. The van der Waals surface area contributed by atoms with Gasteiger partial charge in [-0.3, -0.25) is 13.9 Å². The van der Waals surface area contributed by atoms with Gasteiger partial charge in [0.05, 0.1) is 23.4 Å². The van der Waals surface area contributed by atoms with Crippen molar-refractivity contribution in [3.05, 3.63) is 84.2 Å². The van der Waals surface area contributed by atoms with Crippen LogP contribution in [0.2, 0.25) is 0 Å². The minimum absolute atomic E-state index is 0.0776. The first kappa shape index (κ1) is 26.4. The second-order valence-corrected chi connectivity index (χ2v) is 9.52. The number of sulfonamides is 1. The van der Waals surface area contributed by atoms with Crippen LogP contribution in [-0.2, 0) is 19.6 Å². The van der Waals surface area contributed by atoms with Crippen molar-refractivity contribution in [2.75, 3.05) is 23.3 Å². The van der Waals surface area contributed by atoms with Crippen molar-refractivity contribution in [1.82, 2.24) is 5.43 Å². The van der Waals surface area contributed by atoms with E-state index in [1.165, 1.54) is 74.7 Å². The maximum Gasteiger partial charge on any atom is 0.264 e. The van der Waals surface area contributed by atoms with Crippen molar-refractivity contribution in [3.8, 4) is 5.75 Å². The van der Waals surface area contributed by atoms with Gasteiger partial charge in [-0.25, -0.2) is 18.2 Å². The van der Waals surface area contributed by atoms with Crippen molar-refractivity contribution < 1.29 is 27.1 Å². The minimum Gasteiger partial charge on any atom is -0.497 e. The number of hydrogen-bond acceptors (Lipinski definition) is 6. The zero-order valence-electron chi connectivity index (χ0n) is 19.9. The number of nitrogens with one attached hydrogen (secondary N) is 2. The Morgan fingerprint density at radius 3 is 2.11 bits per heavy atom. The van der Waals surface area contributed by atoms with E-state index in [2.05, 4.69) is 15.8 Å². The van der Waals surface area contributed by atoms with Crippen LogP contribution in [0.5, 0.6) is 5.75 Å². The highest BCUT2D eigenvalue weighted by Gasteiger charge is 2.27. The molecule has 0 atom stereocenters. The van der Waals surface area contributed by atoms with Gasteiger partial charge < -0.3 is 10.1 Å². The highest BCUT2D eigenvalue weighted by Crippen LogP contribution is 2.26. The molecule has 188 valence electrons. The predicted octanol–water partition coefficient (Wildman–Crippen LogP) is 3.53. The molecular weight excluding hydrogens is 487 g/mol. The van der Waals surface area contributed by atoms with Crippen molar-refractivity contribution in [2.45, 2.75) is 18.7 Å². The number of ether oxygens (including phenoxy) is 1. The molecule has 3 aromatic rings. The SMILES string of the molecule is COc1ccc(N(CC(=O)N/N=C(/C)c2ccc(F)cc2)S(=O)(=O)c2ccc(NC(C)=O)cc2)cc1. The molecule has 36 heavy (non-hydrogen) atoms.